The fraction of sp³-hybridized carbons (Fsp3) is 0.643. The number of aromatic nitrogens is 1. The van der Waals surface area contributed by atoms with Crippen molar-refractivity contribution in [3.63, 3.8) is 0 Å². The lowest BCUT2D eigenvalue weighted by atomic mass is 9.73. The molecule has 1 saturated carbocycles. The average molecular weight is 253 g/mol. The maximum absolute atomic E-state index is 6.13. The largest absolute Gasteiger partial charge is 0.379 e. The fourth-order valence-corrected chi connectivity index (χ4v) is 2.76. The lowest BCUT2D eigenvalue weighted by Crippen LogP contribution is -2.39. The lowest BCUT2D eigenvalue weighted by Gasteiger charge is -2.39. The summed E-state index contributed by atoms with van der Waals surface area (Å²) in [5.74, 6) is 0. The number of rotatable bonds is 2. The van der Waals surface area contributed by atoms with Crippen LogP contribution in [0.5, 0.6) is 0 Å². The molecular formula is C14H21ClN2. The highest BCUT2D eigenvalue weighted by molar-refractivity contribution is 6.31. The van der Waals surface area contributed by atoms with E-state index in [1.165, 1.54) is 25.7 Å². The van der Waals surface area contributed by atoms with Crippen LogP contribution in [0.15, 0.2) is 12.3 Å². The van der Waals surface area contributed by atoms with Crippen molar-refractivity contribution < 1.29 is 0 Å². The zero-order valence-corrected chi connectivity index (χ0v) is 11.6. The molecule has 0 spiro atoms. The van der Waals surface area contributed by atoms with Gasteiger partial charge in [-0.25, -0.2) is 4.98 Å². The van der Waals surface area contributed by atoms with Gasteiger partial charge in [-0.15, -0.1) is 0 Å². The van der Waals surface area contributed by atoms with Crippen molar-refractivity contribution >= 4 is 17.3 Å². The van der Waals surface area contributed by atoms with Crippen LogP contribution in [0.4, 0.5) is 5.69 Å². The van der Waals surface area contributed by atoms with Crippen molar-refractivity contribution in [1.82, 2.24) is 4.98 Å². The number of nitrogens with zero attached hydrogens (tertiary/aromatic N) is 1. The van der Waals surface area contributed by atoms with Crippen molar-refractivity contribution in [2.24, 2.45) is 5.41 Å². The molecule has 17 heavy (non-hydrogen) atoms. The second kappa shape index (κ2) is 4.85. The Hall–Kier alpha value is -0.760. The Morgan fingerprint density at radius 1 is 1.41 bits per heavy atom. The van der Waals surface area contributed by atoms with Crippen LogP contribution in [-0.4, -0.2) is 11.0 Å². The van der Waals surface area contributed by atoms with E-state index in [0.717, 1.165) is 11.3 Å². The number of halogens is 1. The molecule has 94 valence electrons. The van der Waals surface area contributed by atoms with E-state index in [0.29, 0.717) is 16.6 Å². The highest BCUT2D eigenvalue weighted by Gasteiger charge is 2.32. The molecule has 0 aliphatic heterocycles. The van der Waals surface area contributed by atoms with Crippen LogP contribution in [0.3, 0.4) is 0 Å². The predicted molar refractivity (Wildman–Crippen MR) is 73.6 cm³/mol. The minimum Gasteiger partial charge on any atom is -0.379 e. The van der Waals surface area contributed by atoms with Gasteiger partial charge in [0.2, 0.25) is 0 Å². The molecular weight excluding hydrogens is 232 g/mol. The molecule has 3 heteroatoms. The molecule has 1 aliphatic carbocycles. The van der Waals surface area contributed by atoms with Crippen molar-refractivity contribution in [3.8, 4) is 0 Å². The van der Waals surface area contributed by atoms with Crippen molar-refractivity contribution in [3.05, 3.63) is 23.0 Å². The molecule has 2 nitrogen and oxygen atoms in total. The highest BCUT2D eigenvalue weighted by atomic mass is 35.5. The molecule has 1 atom stereocenters. The van der Waals surface area contributed by atoms with Gasteiger partial charge in [0.25, 0.3) is 0 Å². The zero-order chi connectivity index (χ0) is 12.5. The summed E-state index contributed by atoms with van der Waals surface area (Å²) >= 11 is 6.13. The van der Waals surface area contributed by atoms with E-state index in [1.807, 2.05) is 6.92 Å². The monoisotopic (exact) mass is 252 g/mol. The summed E-state index contributed by atoms with van der Waals surface area (Å²) in [6.45, 7) is 6.71. The summed E-state index contributed by atoms with van der Waals surface area (Å²) in [4.78, 5) is 4.19. The second-order valence-electron chi connectivity index (χ2n) is 5.78. The molecule has 1 aliphatic rings. The van der Waals surface area contributed by atoms with Gasteiger partial charge in [-0.05, 0) is 36.8 Å². The Bertz CT molecular complexity index is 401. The SMILES string of the molecule is Cc1cnc(Cl)c(NC2CCCCC2(C)C)c1. The van der Waals surface area contributed by atoms with Gasteiger partial charge < -0.3 is 5.32 Å². The summed E-state index contributed by atoms with van der Waals surface area (Å²) in [5, 5.41) is 4.17. The van der Waals surface area contributed by atoms with E-state index < -0.39 is 0 Å². The number of pyridine rings is 1. The van der Waals surface area contributed by atoms with Gasteiger partial charge in [-0.1, -0.05) is 38.3 Å². The van der Waals surface area contributed by atoms with E-state index >= 15 is 0 Å². The number of aryl methyl sites for hydroxylation is 1. The normalized spacial score (nSPS) is 23.4. The van der Waals surface area contributed by atoms with Gasteiger partial charge in [0.05, 0.1) is 5.69 Å². The minimum absolute atomic E-state index is 0.339. The molecule has 0 amide bonds. The third kappa shape index (κ3) is 2.92. The zero-order valence-electron chi connectivity index (χ0n) is 10.9. The van der Waals surface area contributed by atoms with Gasteiger partial charge in [0, 0.05) is 12.2 Å². The fourth-order valence-electron chi connectivity index (χ4n) is 2.60. The molecule has 0 aromatic carbocycles. The Morgan fingerprint density at radius 3 is 2.88 bits per heavy atom. The second-order valence-corrected chi connectivity index (χ2v) is 6.14. The van der Waals surface area contributed by atoms with Crippen LogP contribution in [0.1, 0.15) is 45.1 Å². The van der Waals surface area contributed by atoms with Gasteiger partial charge in [-0.3, -0.25) is 0 Å². The molecule has 0 bridgehead atoms. The predicted octanol–water partition coefficient (Wildman–Crippen LogP) is 4.42. The summed E-state index contributed by atoms with van der Waals surface area (Å²) in [7, 11) is 0. The lowest BCUT2D eigenvalue weighted by molar-refractivity contribution is 0.217. The average Bonchev–Trinajstić information content (AvgIpc) is 2.26. The van der Waals surface area contributed by atoms with Gasteiger partial charge in [0.1, 0.15) is 0 Å². The van der Waals surface area contributed by atoms with Crippen LogP contribution >= 0.6 is 11.6 Å². The molecule has 1 aromatic rings. The number of nitrogens with one attached hydrogen (secondary N) is 1. The third-order valence-electron chi connectivity index (χ3n) is 3.81. The Labute approximate surface area is 109 Å². The van der Waals surface area contributed by atoms with Crippen LogP contribution in [-0.2, 0) is 0 Å². The Morgan fingerprint density at radius 2 is 2.18 bits per heavy atom. The van der Waals surface area contributed by atoms with Crippen molar-refractivity contribution in [2.45, 2.75) is 52.5 Å². The first-order chi connectivity index (χ1) is 7.99. The summed E-state index contributed by atoms with van der Waals surface area (Å²) < 4.78 is 0. The molecule has 0 radical (unpaired) electrons. The maximum Gasteiger partial charge on any atom is 0.152 e. The Balaban J connectivity index is 2.16. The van der Waals surface area contributed by atoms with Crippen LogP contribution < -0.4 is 5.32 Å². The topological polar surface area (TPSA) is 24.9 Å². The van der Waals surface area contributed by atoms with Crippen molar-refractivity contribution in [2.75, 3.05) is 5.32 Å². The van der Waals surface area contributed by atoms with E-state index in [2.05, 4.69) is 30.2 Å². The smallest absolute Gasteiger partial charge is 0.152 e. The molecule has 1 fully saturated rings. The molecule has 1 heterocycles. The minimum atomic E-state index is 0.339. The molecule has 1 aromatic heterocycles. The van der Waals surface area contributed by atoms with Gasteiger partial charge >= 0.3 is 0 Å². The van der Waals surface area contributed by atoms with E-state index in [4.69, 9.17) is 11.6 Å². The van der Waals surface area contributed by atoms with E-state index in [1.54, 1.807) is 6.20 Å². The van der Waals surface area contributed by atoms with Gasteiger partial charge in [0.15, 0.2) is 5.15 Å². The quantitative estimate of drug-likeness (QED) is 0.788. The van der Waals surface area contributed by atoms with E-state index in [-0.39, 0.29) is 0 Å². The van der Waals surface area contributed by atoms with Crippen LogP contribution in [0, 0.1) is 12.3 Å². The highest BCUT2D eigenvalue weighted by Crippen LogP contribution is 2.38. The summed E-state index contributed by atoms with van der Waals surface area (Å²) in [6, 6.07) is 2.58. The number of hydrogen-bond acceptors (Lipinski definition) is 2. The summed E-state index contributed by atoms with van der Waals surface area (Å²) in [6.07, 6.45) is 6.95. The molecule has 0 saturated heterocycles. The van der Waals surface area contributed by atoms with Gasteiger partial charge in [-0.2, -0.15) is 0 Å². The van der Waals surface area contributed by atoms with Crippen LogP contribution in [0.2, 0.25) is 5.15 Å². The standard InChI is InChI=1S/C14H21ClN2/c1-10-8-11(13(15)16-9-10)17-12-6-4-5-7-14(12,2)3/h8-9,12,17H,4-7H2,1-3H3. The first-order valence-corrected chi connectivity index (χ1v) is 6.75. The molecule has 1 unspecified atom stereocenters. The Kier molecular flexibility index (Phi) is 3.62. The van der Waals surface area contributed by atoms with Crippen molar-refractivity contribution in [1.29, 1.82) is 0 Å². The van der Waals surface area contributed by atoms with E-state index in [9.17, 15) is 0 Å². The maximum atomic E-state index is 6.13. The summed E-state index contributed by atoms with van der Waals surface area (Å²) in [5.41, 5.74) is 2.46. The first-order valence-electron chi connectivity index (χ1n) is 6.38. The number of anilines is 1. The first kappa shape index (κ1) is 12.7. The molecule has 1 N–H and O–H groups in total. The van der Waals surface area contributed by atoms with Crippen LogP contribution in [0.25, 0.3) is 0 Å². The molecule has 2 rings (SSSR count). The number of hydrogen-bond donors (Lipinski definition) is 1. The third-order valence-corrected chi connectivity index (χ3v) is 4.11.